The van der Waals surface area contributed by atoms with E-state index >= 15 is 0 Å². The van der Waals surface area contributed by atoms with Gasteiger partial charge in [0, 0.05) is 30.2 Å². The molecule has 0 bridgehead atoms. The highest BCUT2D eigenvalue weighted by Gasteiger charge is 2.18. The second-order valence-electron chi connectivity index (χ2n) is 6.84. The van der Waals surface area contributed by atoms with Gasteiger partial charge in [-0.15, -0.1) is 11.3 Å². The molecule has 1 aliphatic heterocycles. The minimum atomic E-state index is 0.0279. The molecule has 2 aromatic rings. The van der Waals surface area contributed by atoms with Crippen molar-refractivity contribution in [2.24, 2.45) is 0 Å². The van der Waals surface area contributed by atoms with Crippen molar-refractivity contribution < 1.29 is 14.3 Å². The van der Waals surface area contributed by atoms with Crippen molar-refractivity contribution in [3.8, 4) is 11.5 Å². The molecule has 24 heavy (non-hydrogen) atoms. The molecule has 2 heterocycles. The van der Waals surface area contributed by atoms with Crippen molar-refractivity contribution in [2.45, 2.75) is 45.6 Å². The lowest BCUT2D eigenvalue weighted by Gasteiger charge is -2.14. The van der Waals surface area contributed by atoms with Crippen LogP contribution in [0.4, 0.5) is 0 Å². The fourth-order valence-electron chi connectivity index (χ4n) is 2.33. The van der Waals surface area contributed by atoms with Gasteiger partial charge in [-0.3, -0.25) is 4.79 Å². The number of amides is 1. The standard InChI is InChI=1S/C18H22N2O3S/c1-18(2,3)15-10-24-17(20-15)7-6-16(21)19-9-12-4-5-13-14(8-12)23-11-22-13/h4-5,8,10H,6-7,9,11H2,1-3H3,(H,19,21). The van der Waals surface area contributed by atoms with E-state index in [0.29, 0.717) is 19.4 Å². The van der Waals surface area contributed by atoms with Gasteiger partial charge in [0.25, 0.3) is 0 Å². The number of rotatable bonds is 5. The summed E-state index contributed by atoms with van der Waals surface area (Å²) in [6.45, 7) is 7.17. The first-order chi connectivity index (χ1) is 11.4. The predicted molar refractivity (Wildman–Crippen MR) is 93.5 cm³/mol. The molecule has 1 aliphatic rings. The Balaban J connectivity index is 1.47. The van der Waals surface area contributed by atoms with Gasteiger partial charge in [0.05, 0.1) is 10.7 Å². The van der Waals surface area contributed by atoms with Gasteiger partial charge >= 0.3 is 0 Å². The zero-order valence-electron chi connectivity index (χ0n) is 14.2. The van der Waals surface area contributed by atoms with Gasteiger partial charge in [0.15, 0.2) is 11.5 Å². The van der Waals surface area contributed by atoms with Crippen molar-refractivity contribution in [1.29, 1.82) is 0 Å². The van der Waals surface area contributed by atoms with Crippen molar-refractivity contribution in [3.05, 3.63) is 39.8 Å². The number of aryl methyl sites for hydroxylation is 1. The van der Waals surface area contributed by atoms with Crippen molar-refractivity contribution >= 4 is 17.2 Å². The van der Waals surface area contributed by atoms with Gasteiger partial charge in [0.2, 0.25) is 12.7 Å². The fraction of sp³-hybridized carbons (Fsp3) is 0.444. The van der Waals surface area contributed by atoms with Crippen molar-refractivity contribution in [1.82, 2.24) is 10.3 Å². The third-order valence-corrected chi connectivity index (χ3v) is 4.72. The number of aromatic nitrogens is 1. The number of benzene rings is 1. The quantitative estimate of drug-likeness (QED) is 0.901. The number of nitrogens with one attached hydrogen (secondary N) is 1. The van der Waals surface area contributed by atoms with Crippen LogP contribution >= 0.6 is 11.3 Å². The Bertz CT molecular complexity index is 734. The van der Waals surface area contributed by atoms with E-state index in [9.17, 15) is 4.79 Å². The average Bonchev–Trinajstić information content (AvgIpc) is 3.18. The Hall–Kier alpha value is -2.08. The van der Waals surface area contributed by atoms with Crippen LogP contribution in [-0.4, -0.2) is 17.7 Å². The molecule has 1 aromatic heterocycles. The monoisotopic (exact) mass is 346 g/mol. The number of nitrogens with zero attached hydrogens (tertiary/aromatic N) is 1. The van der Waals surface area contributed by atoms with Crippen molar-refractivity contribution in [2.75, 3.05) is 6.79 Å². The zero-order chi connectivity index (χ0) is 17.2. The van der Waals surface area contributed by atoms with Crippen molar-refractivity contribution in [3.63, 3.8) is 0 Å². The SMILES string of the molecule is CC(C)(C)c1csc(CCC(=O)NCc2ccc3c(c2)OCO3)n1. The van der Waals surface area contributed by atoms with E-state index in [0.717, 1.165) is 27.8 Å². The highest BCUT2D eigenvalue weighted by Crippen LogP contribution is 2.32. The first kappa shape index (κ1) is 16.8. The van der Waals surface area contributed by atoms with Gasteiger partial charge in [-0.25, -0.2) is 4.98 Å². The topological polar surface area (TPSA) is 60.5 Å². The van der Waals surface area contributed by atoms with Crippen LogP contribution in [0.1, 0.15) is 43.5 Å². The Morgan fingerprint density at radius 1 is 1.29 bits per heavy atom. The molecule has 3 rings (SSSR count). The molecule has 0 radical (unpaired) electrons. The minimum absolute atomic E-state index is 0.0279. The maximum absolute atomic E-state index is 12.0. The molecule has 0 saturated carbocycles. The van der Waals surface area contributed by atoms with Gasteiger partial charge in [0.1, 0.15) is 0 Å². The van der Waals surface area contributed by atoms with E-state index in [-0.39, 0.29) is 18.1 Å². The minimum Gasteiger partial charge on any atom is -0.454 e. The van der Waals surface area contributed by atoms with E-state index in [2.05, 4.69) is 36.5 Å². The number of hydrogen-bond acceptors (Lipinski definition) is 5. The molecular formula is C18H22N2O3S. The number of fused-ring (bicyclic) bond motifs is 1. The van der Waals surface area contributed by atoms with Gasteiger partial charge < -0.3 is 14.8 Å². The number of carbonyl (C=O) groups excluding carboxylic acids is 1. The zero-order valence-corrected chi connectivity index (χ0v) is 15.0. The number of ether oxygens (including phenoxy) is 2. The van der Waals surface area contributed by atoms with Crippen LogP contribution in [0.5, 0.6) is 11.5 Å². The molecule has 1 aromatic carbocycles. The molecule has 0 unspecified atom stereocenters. The second kappa shape index (κ2) is 6.81. The maximum Gasteiger partial charge on any atom is 0.231 e. The summed E-state index contributed by atoms with van der Waals surface area (Å²) in [5, 5.41) is 6.03. The highest BCUT2D eigenvalue weighted by atomic mass is 32.1. The lowest BCUT2D eigenvalue weighted by molar-refractivity contribution is -0.121. The molecule has 0 aliphatic carbocycles. The predicted octanol–water partition coefficient (Wildman–Crippen LogP) is 3.42. The second-order valence-corrected chi connectivity index (χ2v) is 7.78. The molecule has 5 nitrogen and oxygen atoms in total. The molecule has 128 valence electrons. The van der Waals surface area contributed by atoms with Crippen LogP contribution in [0.2, 0.25) is 0 Å². The molecule has 0 spiro atoms. The number of hydrogen-bond donors (Lipinski definition) is 1. The molecule has 0 fully saturated rings. The van der Waals surface area contributed by atoms with Gasteiger partial charge in [-0.2, -0.15) is 0 Å². The summed E-state index contributed by atoms with van der Waals surface area (Å²) in [6.07, 6.45) is 1.12. The summed E-state index contributed by atoms with van der Waals surface area (Å²) in [5.74, 6) is 1.52. The number of thiazole rings is 1. The van der Waals surface area contributed by atoms with E-state index < -0.39 is 0 Å². The summed E-state index contributed by atoms with van der Waals surface area (Å²) in [5.41, 5.74) is 2.14. The maximum atomic E-state index is 12.0. The van der Waals surface area contributed by atoms with Gasteiger partial charge in [-0.1, -0.05) is 26.8 Å². The Morgan fingerprint density at radius 3 is 2.83 bits per heavy atom. The van der Waals surface area contributed by atoms with E-state index in [4.69, 9.17) is 9.47 Å². The highest BCUT2D eigenvalue weighted by molar-refractivity contribution is 7.09. The lowest BCUT2D eigenvalue weighted by Crippen LogP contribution is -2.23. The first-order valence-electron chi connectivity index (χ1n) is 8.02. The van der Waals surface area contributed by atoms with E-state index in [1.54, 1.807) is 11.3 Å². The van der Waals surface area contributed by atoms with E-state index in [1.165, 1.54) is 0 Å². The molecule has 1 amide bonds. The average molecular weight is 346 g/mol. The van der Waals surface area contributed by atoms with Gasteiger partial charge in [-0.05, 0) is 17.7 Å². The Morgan fingerprint density at radius 2 is 2.08 bits per heavy atom. The molecule has 6 heteroatoms. The summed E-state index contributed by atoms with van der Waals surface area (Å²) < 4.78 is 10.6. The lowest BCUT2D eigenvalue weighted by atomic mass is 9.93. The van der Waals surface area contributed by atoms with Crippen LogP contribution in [0.15, 0.2) is 23.6 Å². The smallest absolute Gasteiger partial charge is 0.231 e. The van der Waals surface area contributed by atoms with Crippen LogP contribution < -0.4 is 14.8 Å². The molecule has 1 N–H and O–H groups in total. The fourth-order valence-corrected chi connectivity index (χ4v) is 3.36. The van der Waals surface area contributed by atoms with E-state index in [1.807, 2.05) is 18.2 Å². The summed E-state index contributed by atoms with van der Waals surface area (Å²) in [6, 6.07) is 5.71. The van der Waals surface area contributed by atoms with Crippen LogP contribution in [-0.2, 0) is 23.2 Å². The normalized spacial score (nSPS) is 13.1. The summed E-state index contributed by atoms with van der Waals surface area (Å²) in [4.78, 5) is 16.7. The molecular weight excluding hydrogens is 324 g/mol. The van der Waals surface area contributed by atoms with Crippen LogP contribution in [0, 0.1) is 0 Å². The Kier molecular flexibility index (Phi) is 4.76. The summed E-state index contributed by atoms with van der Waals surface area (Å²) in [7, 11) is 0. The Labute approximate surface area is 146 Å². The largest absolute Gasteiger partial charge is 0.454 e. The molecule has 0 atom stereocenters. The third-order valence-electron chi connectivity index (χ3n) is 3.81. The van der Waals surface area contributed by atoms with Crippen LogP contribution in [0.3, 0.4) is 0 Å². The number of carbonyl (C=O) groups is 1. The molecule has 0 saturated heterocycles. The first-order valence-corrected chi connectivity index (χ1v) is 8.90. The van der Waals surface area contributed by atoms with Crippen LogP contribution in [0.25, 0.3) is 0 Å². The summed E-state index contributed by atoms with van der Waals surface area (Å²) >= 11 is 1.62. The third kappa shape index (κ3) is 4.06.